The topological polar surface area (TPSA) is 80.9 Å². The van der Waals surface area contributed by atoms with Crippen LogP contribution in [0.25, 0.3) is 0 Å². The van der Waals surface area contributed by atoms with Crippen LogP contribution in [0, 0.1) is 0 Å². The number of amides is 2. The average Bonchev–Trinajstić information content (AvgIpc) is 3.63. The Morgan fingerprint density at radius 2 is 2.06 bits per heavy atom. The van der Waals surface area contributed by atoms with Gasteiger partial charge in [0.05, 0.1) is 38.0 Å². The maximum atomic E-state index is 13.7. The quantitative estimate of drug-likeness (QED) is 0.460. The van der Waals surface area contributed by atoms with E-state index < -0.39 is 0 Å². The lowest BCUT2D eigenvalue weighted by atomic mass is 10.2. The van der Waals surface area contributed by atoms with Crippen molar-refractivity contribution in [1.29, 1.82) is 0 Å². The lowest BCUT2D eigenvalue weighted by molar-refractivity contribution is -0.0704. The zero-order valence-electron chi connectivity index (χ0n) is 20.4. The van der Waals surface area contributed by atoms with E-state index in [1.165, 1.54) is 5.69 Å². The third kappa shape index (κ3) is 6.25. The lowest BCUT2D eigenvalue weighted by Gasteiger charge is -2.38. The van der Waals surface area contributed by atoms with E-state index in [0.29, 0.717) is 44.4 Å². The fourth-order valence-electron chi connectivity index (χ4n) is 4.64. The molecule has 1 aromatic carbocycles. The highest BCUT2D eigenvalue weighted by Crippen LogP contribution is 2.19. The number of imidazole rings is 2. The highest BCUT2D eigenvalue weighted by atomic mass is 35.5. The minimum atomic E-state index is -0.358. The molecule has 0 spiro atoms. The molecule has 36 heavy (non-hydrogen) atoms. The molecule has 0 bridgehead atoms. The van der Waals surface area contributed by atoms with E-state index in [1.807, 2.05) is 69.0 Å². The molecule has 2 aliphatic heterocycles. The third-order valence-corrected chi connectivity index (χ3v) is 6.87. The first-order valence-corrected chi connectivity index (χ1v) is 12.6. The van der Waals surface area contributed by atoms with Crippen molar-refractivity contribution in [1.82, 2.24) is 33.8 Å². The molecule has 2 saturated heterocycles. The Morgan fingerprint density at radius 3 is 2.78 bits per heavy atom. The van der Waals surface area contributed by atoms with Crippen LogP contribution in [-0.4, -0.2) is 91.6 Å². The molecule has 10 nitrogen and oxygen atoms in total. The number of nitrogens with zero attached hydrogens (tertiary/aromatic N) is 7. The summed E-state index contributed by atoms with van der Waals surface area (Å²) in [6.07, 6.45) is 8.50. The number of ether oxygens (including phenoxy) is 2. The van der Waals surface area contributed by atoms with Crippen LogP contribution in [0.5, 0.6) is 0 Å². The number of piperazine rings is 1. The van der Waals surface area contributed by atoms with Gasteiger partial charge in [-0.15, -0.1) is 0 Å². The molecule has 2 fully saturated rings. The van der Waals surface area contributed by atoms with Gasteiger partial charge < -0.3 is 28.4 Å². The van der Waals surface area contributed by atoms with E-state index in [0.717, 1.165) is 25.2 Å². The van der Waals surface area contributed by atoms with Crippen molar-refractivity contribution >= 4 is 17.6 Å². The fourth-order valence-corrected chi connectivity index (χ4v) is 4.85. The van der Waals surface area contributed by atoms with Gasteiger partial charge in [0.25, 0.3) is 0 Å². The van der Waals surface area contributed by atoms with Crippen molar-refractivity contribution in [2.75, 3.05) is 39.3 Å². The number of rotatable bonds is 8. The molecule has 2 aromatic heterocycles. The van der Waals surface area contributed by atoms with Crippen molar-refractivity contribution in [3.05, 3.63) is 71.8 Å². The van der Waals surface area contributed by atoms with Crippen LogP contribution in [0.2, 0.25) is 5.02 Å². The molecule has 2 unspecified atom stereocenters. The van der Waals surface area contributed by atoms with Crippen molar-refractivity contribution in [2.24, 2.45) is 7.05 Å². The molecule has 2 aliphatic rings. The third-order valence-electron chi connectivity index (χ3n) is 6.63. The van der Waals surface area contributed by atoms with Crippen molar-refractivity contribution < 1.29 is 14.3 Å². The van der Waals surface area contributed by atoms with Crippen LogP contribution >= 0.6 is 11.6 Å². The molecule has 4 heterocycles. The second-order valence-electron chi connectivity index (χ2n) is 9.33. The van der Waals surface area contributed by atoms with Gasteiger partial charge in [-0.2, -0.15) is 0 Å². The number of hydrogen-bond donors (Lipinski definition) is 0. The van der Waals surface area contributed by atoms with Crippen LogP contribution in [0.1, 0.15) is 11.3 Å². The highest BCUT2D eigenvalue weighted by Gasteiger charge is 2.32. The van der Waals surface area contributed by atoms with Crippen molar-refractivity contribution in [3.8, 4) is 0 Å². The Hall–Kier alpha value is -2.92. The monoisotopic (exact) mass is 513 g/mol. The van der Waals surface area contributed by atoms with Crippen LogP contribution in [-0.2, 0) is 36.2 Å². The number of halogens is 1. The maximum absolute atomic E-state index is 13.7. The van der Waals surface area contributed by atoms with E-state index in [2.05, 4.69) is 14.9 Å². The summed E-state index contributed by atoms with van der Waals surface area (Å²) in [6, 6.07) is 7.66. The van der Waals surface area contributed by atoms with Crippen molar-refractivity contribution in [3.63, 3.8) is 0 Å². The summed E-state index contributed by atoms with van der Waals surface area (Å²) >= 11 is 6.22. The second-order valence-corrected chi connectivity index (χ2v) is 9.77. The molecule has 192 valence electrons. The Morgan fingerprint density at radius 1 is 1.19 bits per heavy atom. The molecule has 3 aromatic rings. The van der Waals surface area contributed by atoms with Crippen LogP contribution in [0.4, 0.5) is 4.79 Å². The largest absolute Gasteiger partial charge is 0.348 e. The standard InChI is InChI=1S/C25H32ClN7O3/c1-29-18-28-12-22(29)14-30-7-9-32(10-8-30)25(34)33(13-20-3-2-4-21(26)11-20)15-23-17-35-24(36-23)16-31-6-5-27-19-31/h2-6,11-12,18-19,23-24H,7-10,13-17H2,1H3. The van der Waals surface area contributed by atoms with E-state index >= 15 is 0 Å². The second kappa shape index (κ2) is 11.4. The molecular formula is C25H32ClN7O3. The van der Waals surface area contributed by atoms with Gasteiger partial charge in [0, 0.05) is 69.9 Å². The van der Waals surface area contributed by atoms with Crippen LogP contribution < -0.4 is 0 Å². The van der Waals surface area contributed by atoms with E-state index in [9.17, 15) is 4.79 Å². The first-order chi connectivity index (χ1) is 17.5. The molecule has 0 saturated carbocycles. The number of benzene rings is 1. The number of carbonyl (C=O) groups excluding carboxylic acids is 1. The minimum absolute atomic E-state index is 0.0109. The SMILES string of the molecule is Cn1cncc1CN1CCN(C(=O)N(Cc2cccc(Cl)c2)CC2COC(Cn3ccnc3)O2)CC1. The Bertz CT molecular complexity index is 1130. The van der Waals surface area contributed by atoms with Gasteiger partial charge in [0.2, 0.25) is 0 Å². The van der Waals surface area contributed by atoms with Crippen molar-refractivity contribution in [2.45, 2.75) is 32.0 Å². The summed E-state index contributed by atoms with van der Waals surface area (Å²) < 4.78 is 15.9. The van der Waals surface area contributed by atoms with Gasteiger partial charge in [0.1, 0.15) is 6.10 Å². The number of aromatic nitrogens is 4. The summed E-state index contributed by atoms with van der Waals surface area (Å²) in [6.45, 7) is 5.73. The lowest BCUT2D eigenvalue weighted by Crippen LogP contribution is -2.53. The van der Waals surface area contributed by atoms with E-state index in [-0.39, 0.29) is 18.4 Å². The van der Waals surface area contributed by atoms with Crippen LogP contribution in [0.15, 0.2) is 55.5 Å². The predicted molar refractivity (Wildman–Crippen MR) is 134 cm³/mol. The Labute approximate surface area is 216 Å². The smallest absolute Gasteiger partial charge is 0.320 e. The molecule has 0 N–H and O–H groups in total. The summed E-state index contributed by atoms with van der Waals surface area (Å²) in [5, 5.41) is 0.657. The summed E-state index contributed by atoms with van der Waals surface area (Å²) in [5.74, 6) is 0. The summed E-state index contributed by atoms with van der Waals surface area (Å²) in [5.41, 5.74) is 2.15. The van der Waals surface area contributed by atoms with E-state index in [1.54, 1.807) is 12.5 Å². The molecule has 2 atom stereocenters. The van der Waals surface area contributed by atoms with Gasteiger partial charge >= 0.3 is 6.03 Å². The molecule has 0 radical (unpaired) electrons. The highest BCUT2D eigenvalue weighted by molar-refractivity contribution is 6.30. The first kappa shape index (κ1) is 24.8. The van der Waals surface area contributed by atoms with Gasteiger partial charge in [-0.1, -0.05) is 23.7 Å². The Balaban J connectivity index is 1.20. The average molecular weight is 514 g/mol. The molecule has 0 aliphatic carbocycles. The number of carbonyl (C=O) groups is 1. The van der Waals surface area contributed by atoms with Crippen LogP contribution in [0.3, 0.4) is 0 Å². The molecule has 2 amide bonds. The van der Waals surface area contributed by atoms with Gasteiger partial charge in [-0.3, -0.25) is 4.90 Å². The number of aryl methyl sites for hydroxylation is 1. The summed E-state index contributed by atoms with van der Waals surface area (Å²) in [7, 11) is 2.00. The van der Waals surface area contributed by atoms with E-state index in [4.69, 9.17) is 21.1 Å². The van der Waals surface area contributed by atoms with Gasteiger partial charge in [0.15, 0.2) is 6.29 Å². The first-order valence-electron chi connectivity index (χ1n) is 12.2. The fraction of sp³-hybridized carbons (Fsp3) is 0.480. The predicted octanol–water partition coefficient (Wildman–Crippen LogP) is 2.45. The zero-order chi connectivity index (χ0) is 24.9. The normalized spacial score (nSPS) is 20.7. The Kier molecular flexibility index (Phi) is 7.86. The summed E-state index contributed by atoms with van der Waals surface area (Å²) in [4.78, 5) is 28.1. The number of urea groups is 1. The van der Waals surface area contributed by atoms with Gasteiger partial charge in [-0.25, -0.2) is 14.8 Å². The maximum Gasteiger partial charge on any atom is 0.320 e. The molecule has 11 heteroatoms. The number of hydrogen-bond acceptors (Lipinski definition) is 6. The minimum Gasteiger partial charge on any atom is -0.348 e. The molecule has 5 rings (SSSR count). The molecular weight excluding hydrogens is 482 g/mol. The zero-order valence-corrected chi connectivity index (χ0v) is 21.2. The van der Waals surface area contributed by atoms with Gasteiger partial charge in [-0.05, 0) is 17.7 Å².